The SMILES string of the molecule is CCCCCCCCS(=O)(=O)c1cccc2c1N1C(C2)OC(C=Cc2ccc(C)cc2)C1(C)C. The van der Waals surface area contributed by atoms with Gasteiger partial charge < -0.3 is 9.64 Å². The highest BCUT2D eigenvalue weighted by atomic mass is 32.2. The highest BCUT2D eigenvalue weighted by molar-refractivity contribution is 7.91. The predicted octanol–water partition coefficient (Wildman–Crippen LogP) is 6.71. The number of hydrogen-bond donors (Lipinski definition) is 0. The number of unbranched alkanes of at least 4 members (excludes halogenated alkanes) is 5. The third-order valence-corrected chi connectivity index (χ3v) is 9.10. The average Bonchev–Trinajstić information content (AvgIpc) is 3.29. The summed E-state index contributed by atoms with van der Waals surface area (Å²) in [5, 5.41) is 0. The van der Waals surface area contributed by atoms with Gasteiger partial charge in [0.2, 0.25) is 0 Å². The molecule has 2 aromatic carbocycles. The van der Waals surface area contributed by atoms with Crippen LogP contribution < -0.4 is 4.90 Å². The Kier molecular flexibility index (Phi) is 7.54. The molecule has 5 heteroatoms. The molecule has 4 rings (SSSR count). The number of fused-ring (bicyclic) bond motifs is 3. The molecule has 0 spiro atoms. The summed E-state index contributed by atoms with van der Waals surface area (Å²) in [4.78, 5) is 2.70. The van der Waals surface area contributed by atoms with E-state index >= 15 is 0 Å². The molecule has 2 aromatic rings. The molecule has 1 saturated heterocycles. The number of rotatable bonds is 10. The molecule has 0 bridgehead atoms. The zero-order valence-corrected chi connectivity index (χ0v) is 21.9. The topological polar surface area (TPSA) is 46.6 Å². The summed E-state index contributed by atoms with van der Waals surface area (Å²) in [5.74, 6) is 0.214. The number of para-hydroxylation sites is 1. The Morgan fingerprint density at radius 1 is 1.03 bits per heavy atom. The lowest BCUT2D eigenvalue weighted by molar-refractivity contribution is 0.0652. The molecule has 0 radical (unpaired) electrons. The zero-order valence-electron chi connectivity index (χ0n) is 21.1. The molecule has 2 atom stereocenters. The summed E-state index contributed by atoms with van der Waals surface area (Å²) in [6, 6.07) is 14.2. The molecule has 184 valence electrons. The molecular weight excluding hydrogens is 442 g/mol. The number of ether oxygens (including phenoxy) is 1. The Morgan fingerprint density at radius 3 is 2.47 bits per heavy atom. The van der Waals surface area contributed by atoms with Crippen LogP contribution in [0.4, 0.5) is 5.69 Å². The number of anilines is 1. The molecule has 4 nitrogen and oxygen atoms in total. The molecule has 0 amide bonds. The molecule has 2 aliphatic heterocycles. The van der Waals surface area contributed by atoms with Gasteiger partial charge in [-0.05, 0) is 44.4 Å². The van der Waals surface area contributed by atoms with Crippen LogP contribution in [0, 0.1) is 6.92 Å². The van der Waals surface area contributed by atoms with Gasteiger partial charge in [0.1, 0.15) is 12.3 Å². The number of aryl methyl sites for hydroxylation is 1. The minimum atomic E-state index is -3.36. The van der Waals surface area contributed by atoms with Gasteiger partial charge in [0.15, 0.2) is 9.84 Å². The van der Waals surface area contributed by atoms with Crippen LogP contribution in [-0.2, 0) is 21.0 Å². The first-order chi connectivity index (χ1) is 16.2. The molecule has 0 N–H and O–H groups in total. The number of benzene rings is 2. The van der Waals surface area contributed by atoms with E-state index in [4.69, 9.17) is 4.74 Å². The fourth-order valence-corrected chi connectivity index (χ4v) is 6.87. The number of nitrogens with zero attached hydrogens (tertiary/aromatic N) is 1. The van der Waals surface area contributed by atoms with Crippen LogP contribution in [0.25, 0.3) is 6.08 Å². The van der Waals surface area contributed by atoms with E-state index in [9.17, 15) is 8.42 Å². The lowest BCUT2D eigenvalue weighted by Crippen LogP contribution is -2.46. The van der Waals surface area contributed by atoms with Crippen LogP contribution >= 0.6 is 0 Å². The summed E-state index contributed by atoms with van der Waals surface area (Å²) < 4.78 is 33.3. The van der Waals surface area contributed by atoms with Crippen molar-refractivity contribution in [3.05, 3.63) is 65.2 Å². The minimum absolute atomic E-state index is 0.124. The highest BCUT2D eigenvalue weighted by Gasteiger charge is 2.52. The molecule has 0 aliphatic carbocycles. The minimum Gasteiger partial charge on any atom is -0.348 e. The van der Waals surface area contributed by atoms with Gasteiger partial charge in [0, 0.05) is 6.42 Å². The van der Waals surface area contributed by atoms with Crippen molar-refractivity contribution >= 4 is 21.6 Å². The Labute approximate surface area is 205 Å². The second-order valence-corrected chi connectivity index (χ2v) is 12.4. The van der Waals surface area contributed by atoms with E-state index in [1.165, 1.54) is 24.8 Å². The van der Waals surface area contributed by atoms with Crippen LogP contribution in [0.15, 0.2) is 53.4 Å². The van der Waals surface area contributed by atoms with E-state index in [0.717, 1.165) is 36.1 Å². The third-order valence-electron chi connectivity index (χ3n) is 7.27. The van der Waals surface area contributed by atoms with Crippen molar-refractivity contribution in [3.63, 3.8) is 0 Å². The van der Waals surface area contributed by atoms with E-state index in [1.807, 2.05) is 12.1 Å². The summed E-state index contributed by atoms with van der Waals surface area (Å²) in [5.41, 5.74) is 3.95. The van der Waals surface area contributed by atoms with E-state index in [-0.39, 0.29) is 23.6 Å². The van der Waals surface area contributed by atoms with Gasteiger partial charge in [0.25, 0.3) is 0 Å². The fraction of sp³-hybridized carbons (Fsp3) is 0.517. The van der Waals surface area contributed by atoms with Gasteiger partial charge in [-0.15, -0.1) is 0 Å². The van der Waals surface area contributed by atoms with E-state index in [2.05, 4.69) is 69.0 Å². The van der Waals surface area contributed by atoms with Gasteiger partial charge in [0.05, 0.1) is 21.9 Å². The van der Waals surface area contributed by atoms with Crippen molar-refractivity contribution in [1.29, 1.82) is 0 Å². The summed E-state index contributed by atoms with van der Waals surface area (Å²) >= 11 is 0. The number of sulfone groups is 1. The first-order valence-electron chi connectivity index (χ1n) is 12.8. The maximum absolute atomic E-state index is 13.4. The van der Waals surface area contributed by atoms with Crippen molar-refractivity contribution < 1.29 is 13.2 Å². The standard InChI is InChI=1S/C29H39NO3S/c1-5-6-7-8-9-10-20-34(31,32)25-13-11-12-24-21-27-30(28(24)25)29(3,4)26(33-27)19-18-23-16-14-22(2)15-17-23/h11-19,26-27H,5-10,20-21H2,1-4H3. The third kappa shape index (κ3) is 5.11. The van der Waals surface area contributed by atoms with Crippen molar-refractivity contribution in [2.75, 3.05) is 10.7 Å². The molecule has 0 saturated carbocycles. The van der Waals surface area contributed by atoms with Crippen LogP contribution in [0.5, 0.6) is 0 Å². The highest BCUT2D eigenvalue weighted by Crippen LogP contribution is 2.48. The molecule has 34 heavy (non-hydrogen) atoms. The Balaban J connectivity index is 1.53. The van der Waals surface area contributed by atoms with Gasteiger partial charge in [-0.3, -0.25) is 0 Å². The molecule has 2 unspecified atom stereocenters. The summed E-state index contributed by atoms with van der Waals surface area (Å²) in [6.07, 6.45) is 11.1. The van der Waals surface area contributed by atoms with Gasteiger partial charge in [-0.25, -0.2) is 8.42 Å². The first-order valence-corrected chi connectivity index (χ1v) is 14.4. The maximum atomic E-state index is 13.4. The normalized spacial score (nSPS) is 21.2. The molecule has 0 aromatic heterocycles. The molecule has 1 fully saturated rings. The van der Waals surface area contributed by atoms with Crippen LogP contribution in [0.2, 0.25) is 0 Å². The predicted molar refractivity (Wildman–Crippen MR) is 141 cm³/mol. The molecule has 2 aliphatic rings. The Morgan fingerprint density at radius 2 is 1.74 bits per heavy atom. The van der Waals surface area contributed by atoms with E-state index < -0.39 is 9.84 Å². The number of hydrogen-bond acceptors (Lipinski definition) is 4. The Bertz CT molecular complexity index is 1120. The molecular formula is C29H39NO3S. The lowest BCUT2D eigenvalue weighted by atomic mass is 9.95. The van der Waals surface area contributed by atoms with Crippen molar-refractivity contribution in [1.82, 2.24) is 0 Å². The van der Waals surface area contributed by atoms with Crippen molar-refractivity contribution in [2.45, 2.75) is 95.4 Å². The van der Waals surface area contributed by atoms with Crippen molar-refractivity contribution in [3.8, 4) is 0 Å². The van der Waals surface area contributed by atoms with E-state index in [1.54, 1.807) is 6.07 Å². The Hall–Kier alpha value is -2.11. The van der Waals surface area contributed by atoms with Crippen LogP contribution in [0.3, 0.4) is 0 Å². The summed E-state index contributed by atoms with van der Waals surface area (Å²) in [6.45, 7) is 8.59. The second-order valence-electron chi connectivity index (χ2n) is 10.4. The summed E-state index contributed by atoms with van der Waals surface area (Å²) in [7, 11) is -3.36. The monoisotopic (exact) mass is 481 g/mol. The lowest BCUT2D eigenvalue weighted by Gasteiger charge is -2.35. The molecule has 2 heterocycles. The first kappa shape index (κ1) is 25.0. The second kappa shape index (κ2) is 10.2. The van der Waals surface area contributed by atoms with E-state index in [0.29, 0.717) is 11.3 Å². The van der Waals surface area contributed by atoms with Crippen LogP contribution in [-0.4, -0.2) is 32.0 Å². The maximum Gasteiger partial charge on any atom is 0.180 e. The largest absolute Gasteiger partial charge is 0.348 e. The fourth-order valence-electron chi connectivity index (χ4n) is 5.26. The van der Waals surface area contributed by atoms with Crippen molar-refractivity contribution in [2.24, 2.45) is 0 Å². The van der Waals surface area contributed by atoms with Crippen LogP contribution in [0.1, 0.15) is 76.0 Å². The average molecular weight is 482 g/mol. The van der Waals surface area contributed by atoms with Gasteiger partial charge in [-0.1, -0.05) is 93.1 Å². The van der Waals surface area contributed by atoms with Gasteiger partial charge in [-0.2, -0.15) is 0 Å². The quantitative estimate of drug-likeness (QED) is 0.354. The smallest absolute Gasteiger partial charge is 0.180 e. The van der Waals surface area contributed by atoms with Gasteiger partial charge >= 0.3 is 0 Å². The zero-order chi connectivity index (χ0) is 24.3.